The second-order valence-corrected chi connectivity index (χ2v) is 7.57. The molecule has 1 aliphatic rings. The number of aromatic nitrogens is 3. The Balaban J connectivity index is 1.50. The van der Waals surface area contributed by atoms with Crippen LogP contribution in [0.1, 0.15) is 40.3 Å². The predicted molar refractivity (Wildman–Crippen MR) is 114 cm³/mol. The predicted octanol–water partition coefficient (Wildman–Crippen LogP) is 3.47. The third kappa shape index (κ3) is 3.75. The number of carbonyl (C=O) groups is 1. The zero-order chi connectivity index (χ0) is 20.4. The highest BCUT2D eigenvalue weighted by molar-refractivity contribution is 5.96. The van der Waals surface area contributed by atoms with Crippen LogP contribution in [-0.4, -0.2) is 51.5 Å². The lowest BCUT2D eigenvalue weighted by molar-refractivity contribution is 0.0745. The molecular weight excluding hydrogens is 362 g/mol. The zero-order valence-electron chi connectivity index (χ0n) is 17.2. The first kappa shape index (κ1) is 19.2. The van der Waals surface area contributed by atoms with Gasteiger partial charge in [0.25, 0.3) is 5.91 Å². The third-order valence-electron chi connectivity index (χ3n) is 5.79. The van der Waals surface area contributed by atoms with Crippen LogP contribution in [0.15, 0.2) is 54.9 Å². The fourth-order valence-electron chi connectivity index (χ4n) is 4.20. The zero-order valence-corrected chi connectivity index (χ0v) is 17.2. The van der Waals surface area contributed by atoms with Crippen molar-refractivity contribution in [2.75, 3.05) is 31.1 Å². The van der Waals surface area contributed by atoms with Crippen molar-refractivity contribution in [2.45, 2.75) is 26.8 Å². The smallest absolute Gasteiger partial charge is 0.255 e. The van der Waals surface area contributed by atoms with Crippen LogP contribution in [0.5, 0.6) is 0 Å². The lowest BCUT2D eigenvalue weighted by Gasteiger charge is -2.34. The molecule has 3 aromatic rings. The van der Waals surface area contributed by atoms with E-state index in [0.717, 1.165) is 36.0 Å². The summed E-state index contributed by atoms with van der Waals surface area (Å²) in [5.74, 6) is 0.840. The fourth-order valence-corrected chi connectivity index (χ4v) is 4.20. The van der Waals surface area contributed by atoms with Crippen LogP contribution in [0.3, 0.4) is 0 Å². The highest BCUT2D eigenvalue weighted by Crippen LogP contribution is 2.26. The highest BCUT2D eigenvalue weighted by Gasteiger charge is 2.27. The number of nitrogens with zero attached hydrogens (tertiary/aromatic N) is 5. The number of benzene rings is 1. The van der Waals surface area contributed by atoms with Crippen molar-refractivity contribution in [3.63, 3.8) is 0 Å². The van der Waals surface area contributed by atoms with E-state index in [1.165, 1.54) is 5.56 Å². The number of hydrogen-bond donors (Lipinski definition) is 0. The molecule has 0 radical (unpaired) electrons. The van der Waals surface area contributed by atoms with Crippen LogP contribution in [0, 0.1) is 13.8 Å². The molecule has 150 valence electrons. The van der Waals surface area contributed by atoms with Gasteiger partial charge >= 0.3 is 0 Å². The van der Waals surface area contributed by atoms with E-state index in [1.54, 1.807) is 12.4 Å². The fraction of sp³-hybridized carbons (Fsp3) is 0.348. The normalized spacial score (nSPS) is 15.4. The van der Waals surface area contributed by atoms with E-state index in [-0.39, 0.29) is 11.9 Å². The van der Waals surface area contributed by atoms with Gasteiger partial charge in [-0.2, -0.15) is 0 Å². The van der Waals surface area contributed by atoms with Crippen LogP contribution in [-0.2, 0) is 0 Å². The van der Waals surface area contributed by atoms with Crippen LogP contribution in [0.25, 0.3) is 0 Å². The average molecular weight is 390 g/mol. The second-order valence-electron chi connectivity index (χ2n) is 7.57. The van der Waals surface area contributed by atoms with Gasteiger partial charge in [-0.1, -0.05) is 30.3 Å². The summed E-state index contributed by atoms with van der Waals surface area (Å²) in [5, 5.41) is 0. The minimum absolute atomic E-state index is 0.109. The Hall–Kier alpha value is -3.15. The minimum Gasteiger partial charge on any atom is -0.341 e. The molecule has 6 nitrogen and oxygen atoms in total. The Kier molecular flexibility index (Phi) is 5.34. The summed E-state index contributed by atoms with van der Waals surface area (Å²) in [4.78, 5) is 26.0. The van der Waals surface area contributed by atoms with Crippen molar-refractivity contribution in [1.82, 2.24) is 19.4 Å². The van der Waals surface area contributed by atoms with Gasteiger partial charge in [-0.05, 0) is 38.5 Å². The van der Waals surface area contributed by atoms with E-state index in [4.69, 9.17) is 0 Å². The summed E-state index contributed by atoms with van der Waals surface area (Å²) >= 11 is 0. The Labute approximate surface area is 171 Å². The molecule has 1 aromatic carbocycles. The van der Waals surface area contributed by atoms with Gasteiger partial charge in [0.1, 0.15) is 0 Å². The summed E-state index contributed by atoms with van der Waals surface area (Å²) < 4.78 is 2.26. The molecule has 0 spiro atoms. The molecule has 1 amide bonds. The lowest BCUT2D eigenvalue weighted by atomic mass is 10.1. The molecule has 0 bridgehead atoms. The van der Waals surface area contributed by atoms with E-state index in [9.17, 15) is 4.79 Å². The van der Waals surface area contributed by atoms with Gasteiger partial charge in [0.2, 0.25) is 5.95 Å². The first-order valence-corrected chi connectivity index (χ1v) is 10.1. The number of aryl methyl sites for hydroxylation is 1. The van der Waals surface area contributed by atoms with E-state index in [2.05, 4.69) is 57.5 Å². The van der Waals surface area contributed by atoms with Gasteiger partial charge in [0.05, 0.1) is 11.6 Å². The molecule has 1 aliphatic heterocycles. The molecule has 1 fully saturated rings. The number of piperazine rings is 1. The Morgan fingerprint density at radius 3 is 2.28 bits per heavy atom. The van der Waals surface area contributed by atoms with Crippen molar-refractivity contribution in [3.8, 4) is 0 Å². The first-order chi connectivity index (χ1) is 14.1. The molecule has 2 aromatic heterocycles. The molecule has 3 heterocycles. The van der Waals surface area contributed by atoms with Gasteiger partial charge in [0, 0.05) is 50.0 Å². The molecule has 29 heavy (non-hydrogen) atoms. The molecular formula is C23H27N5O. The Morgan fingerprint density at radius 2 is 1.62 bits per heavy atom. The average Bonchev–Trinajstić information content (AvgIpc) is 3.08. The van der Waals surface area contributed by atoms with E-state index >= 15 is 0 Å². The van der Waals surface area contributed by atoms with E-state index in [1.807, 2.05) is 30.0 Å². The maximum atomic E-state index is 13.3. The van der Waals surface area contributed by atoms with Crippen LogP contribution in [0.4, 0.5) is 5.95 Å². The van der Waals surface area contributed by atoms with Crippen LogP contribution < -0.4 is 4.90 Å². The maximum absolute atomic E-state index is 13.3. The van der Waals surface area contributed by atoms with Gasteiger partial charge < -0.3 is 14.4 Å². The molecule has 1 atom stereocenters. The highest BCUT2D eigenvalue weighted by atomic mass is 16.2. The number of anilines is 1. The topological polar surface area (TPSA) is 54.3 Å². The minimum atomic E-state index is 0.109. The first-order valence-electron chi connectivity index (χ1n) is 10.1. The second kappa shape index (κ2) is 8.07. The number of rotatable bonds is 4. The number of amides is 1. The maximum Gasteiger partial charge on any atom is 0.255 e. The number of hydrogen-bond acceptors (Lipinski definition) is 4. The summed E-state index contributed by atoms with van der Waals surface area (Å²) in [7, 11) is 0. The molecule has 1 saturated heterocycles. The third-order valence-corrected chi connectivity index (χ3v) is 5.79. The summed E-state index contributed by atoms with van der Waals surface area (Å²) in [6, 6.07) is 14.4. The van der Waals surface area contributed by atoms with Crippen molar-refractivity contribution >= 4 is 11.9 Å². The lowest BCUT2D eigenvalue weighted by Crippen LogP contribution is -2.49. The molecule has 0 N–H and O–H groups in total. The summed E-state index contributed by atoms with van der Waals surface area (Å²) in [6.45, 7) is 9.15. The molecule has 0 aliphatic carbocycles. The van der Waals surface area contributed by atoms with Crippen LogP contribution >= 0.6 is 0 Å². The molecule has 4 rings (SSSR count). The van der Waals surface area contributed by atoms with Gasteiger partial charge in [0.15, 0.2) is 0 Å². The van der Waals surface area contributed by atoms with Crippen molar-refractivity contribution < 1.29 is 4.79 Å². The van der Waals surface area contributed by atoms with Gasteiger partial charge in [-0.15, -0.1) is 0 Å². The summed E-state index contributed by atoms with van der Waals surface area (Å²) in [6.07, 6.45) is 3.51. The standard InChI is InChI=1S/C23H27N5O/c1-17-16-21(19(3)28(17)18(2)20-8-5-4-6-9-20)22(29)26-12-14-27(15-13-26)23-24-10-7-11-25-23/h4-11,16,18H,12-15H2,1-3H3. The SMILES string of the molecule is Cc1cc(C(=O)N2CCN(c3ncccn3)CC2)c(C)n1C(C)c1ccccc1. The van der Waals surface area contributed by atoms with Gasteiger partial charge in [-0.3, -0.25) is 4.79 Å². The largest absolute Gasteiger partial charge is 0.341 e. The van der Waals surface area contributed by atoms with Crippen molar-refractivity contribution in [3.05, 3.63) is 77.4 Å². The Morgan fingerprint density at radius 1 is 0.966 bits per heavy atom. The number of carbonyl (C=O) groups excluding carboxylic acids is 1. The van der Waals surface area contributed by atoms with E-state index in [0.29, 0.717) is 13.1 Å². The summed E-state index contributed by atoms with van der Waals surface area (Å²) in [5.41, 5.74) is 4.18. The van der Waals surface area contributed by atoms with Gasteiger partial charge in [-0.25, -0.2) is 9.97 Å². The quantitative estimate of drug-likeness (QED) is 0.686. The molecule has 0 saturated carbocycles. The molecule has 6 heteroatoms. The monoisotopic (exact) mass is 389 g/mol. The Bertz CT molecular complexity index is 975. The molecule has 1 unspecified atom stereocenters. The van der Waals surface area contributed by atoms with Crippen LogP contribution in [0.2, 0.25) is 0 Å². The van der Waals surface area contributed by atoms with Crippen molar-refractivity contribution in [2.24, 2.45) is 0 Å². The van der Waals surface area contributed by atoms with Crippen molar-refractivity contribution in [1.29, 1.82) is 0 Å². The van der Waals surface area contributed by atoms with E-state index < -0.39 is 0 Å².